The lowest BCUT2D eigenvalue weighted by Crippen LogP contribution is -2.30. The van der Waals surface area contributed by atoms with E-state index in [2.05, 4.69) is 4.98 Å². The molecule has 0 saturated carbocycles. The van der Waals surface area contributed by atoms with Crippen LogP contribution in [0.4, 0.5) is 5.13 Å². The van der Waals surface area contributed by atoms with Crippen LogP contribution in [0.1, 0.15) is 15.9 Å². The van der Waals surface area contributed by atoms with Crippen LogP contribution < -0.4 is 4.90 Å². The average Bonchev–Trinajstić information content (AvgIpc) is 3.27. The molecule has 10 heteroatoms. The first-order valence-electron chi connectivity index (χ1n) is 9.98. The van der Waals surface area contributed by atoms with Crippen LogP contribution in [-0.2, 0) is 16.6 Å². The minimum absolute atomic E-state index is 0.132. The number of sulfonamides is 1. The highest BCUT2D eigenvalue weighted by molar-refractivity contribution is 7.98. The van der Waals surface area contributed by atoms with Gasteiger partial charge in [-0.2, -0.15) is 0 Å². The van der Waals surface area contributed by atoms with Gasteiger partial charge in [0.05, 0.1) is 21.7 Å². The summed E-state index contributed by atoms with van der Waals surface area (Å²) in [5, 5.41) is 0.574. The number of benzene rings is 2. The van der Waals surface area contributed by atoms with E-state index in [0.717, 1.165) is 25.0 Å². The van der Waals surface area contributed by atoms with E-state index in [9.17, 15) is 13.2 Å². The van der Waals surface area contributed by atoms with E-state index in [0.29, 0.717) is 17.2 Å². The zero-order valence-electron chi connectivity index (χ0n) is 18.3. The van der Waals surface area contributed by atoms with Crippen LogP contribution in [0, 0.1) is 0 Å². The van der Waals surface area contributed by atoms with E-state index >= 15 is 0 Å². The lowest BCUT2D eigenvalue weighted by Gasteiger charge is -2.20. The molecule has 0 unspecified atom stereocenters. The minimum Gasteiger partial charge on any atom is -0.279 e. The van der Waals surface area contributed by atoms with Gasteiger partial charge in [0.2, 0.25) is 10.0 Å². The van der Waals surface area contributed by atoms with Crippen LogP contribution in [0.25, 0.3) is 10.2 Å². The van der Waals surface area contributed by atoms with Crippen LogP contribution in [0.3, 0.4) is 0 Å². The highest BCUT2D eigenvalue weighted by atomic mass is 32.2. The topological polar surface area (TPSA) is 83.5 Å². The summed E-state index contributed by atoms with van der Waals surface area (Å²) in [6.07, 6.45) is 5.39. The maximum absolute atomic E-state index is 13.6. The van der Waals surface area contributed by atoms with Crippen molar-refractivity contribution in [2.24, 2.45) is 0 Å². The molecule has 4 rings (SSSR count). The Morgan fingerprint density at radius 3 is 2.45 bits per heavy atom. The van der Waals surface area contributed by atoms with Gasteiger partial charge < -0.3 is 0 Å². The fourth-order valence-corrected chi connectivity index (χ4v) is 5.75. The van der Waals surface area contributed by atoms with Crippen molar-refractivity contribution in [1.29, 1.82) is 0 Å². The fourth-order valence-electron chi connectivity index (χ4n) is 3.23. The molecule has 0 spiro atoms. The highest BCUT2D eigenvalue weighted by Gasteiger charge is 2.24. The van der Waals surface area contributed by atoms with E-state index in [1.54, 1.807) is 29.1 Å². The highest BCUT2D eigenvalue weighted by Crippen LogP contribution is 2.35. The van der Waals surface area contributed by atoms with Crippen molar-refractivity contribution in [3.63, 3.8) is 0 Å². The van der Waals surface area contributed by atoms with E-state index in [-0.39, 0.29) is 10.8 Å². The van der Waals surface area contributed by atoms with Gasteiger partial charge in [-0.3, -0.25) is 14.7 Å². The Bertz CT molecular complexity index is 1390. The number of rotatable bonds is 7. The van der Waals surface area contributed by atoms with Crippen molar-refractivity contribution >= 4 is 54.4 Å². The summed E-state index contributed by atoms with van der Waals surface area (Å²) in [5.41, 5.74) is 2.10. The SMILES string of the molecule is CSc1cccc2sc(N(Cc3cccnc3)C(=O)c3ccc(S(=O)(=O)N(C)C)cc3)nc12. The zero-order chi connectivity index (χ0) is 23.6. The van der Waals surface area contributed by atoms with Gasteiger partial charge in [-0.05, 0) is 54.3 Å². The van der Waals surface area contributed by atoms with E-state index in [1.165, 1.54) is 49.7 Å². The van der Waals surface area contributed by atoms with Crippen LogP contribution in [-0.4, -0.2) is 48.9 Å². The van der Waals surface area contributed by atoms with Crippen molar-refractivity contribution < 1.29 is 13.2 Å². The summed E-state index contributed by atoms with van der Waals surface area (Å²) in [5.74, 6) is -0.266. The van der Waals surface area contributed by atoms with Crippen molar-refractivity contribution in [2.45, 2.75) is 16.3 Å². The van der Waals surface area contributed by atoms with Crippen molar-refractivity contribution in [3.8, 4) is 0 Å². The summed E-state index contributed by atoms with van der Waals surface area (Å²) in [6, 6.07) is 15.7. The lowest BCUT2D eigenvalue weighted by atomic mass is 10.2. The first kappa shape index (κ1) is 23.4. The Kier molecular flexibility index (Phi) is 6.80. The molecular formula is C23H22N4O3S3. The Morgan fingerprint density at radius 1 is 1.06 bits per heavy atom. The normalized spacial score (nSPS) is 11.8. The summed E-state index contributed by atoms with van der Waals surface area (Å²) in [4.78, 5) is 25.3. The van der Waals surface area contributed by atoms with Crippen LogP contribution in [0.5, 0.6) is 0 Å². The van der Waals surface area contributed by atoms with E-state index in [1.807, 2.05) is 36.6 Å². The third-order valence-corrected chi connectivity index (χ3v) is 8.65. The smallest absolute Gasteiger partial charge is 0.260 e. The third-order valence-electron chi connectivity index (χ3n) is 5.01. The predicted molar refractivity (Wildman–Crippen MR) is 133 cm³/mol. The molecule has 4 aromatic rings. The number of thiazole rings is 1. The Morgan fingerprint density at radius 2 is 1.82 bits per heavy atom. The molecule has 0 fully saturated rings. The van der Waals surface area contributed by atoms with Crippen LogP contribution >= 0.6 is 23.1 Å². The molecule has 1 amide bonds. The molecule has 0 bridgehead atoms. The number of pyridine rings is 1. The van der Waals surface area contributed by atoms with Gasteiger partial charge >= 0.3 is 0 Å². The zero-order valence-corrected chi connectivity index (χ0v) is 20.7. The fraction of sp³-hybridized carbons (Fsp3) is 0.174. The van der Waals surface area contributed by atoms with Gasteiger partial charge in [0.15, 0.2) is 5.13 Å². The Labute approximate surface area is 201 Å². The summed E-state index contributed by atoms with van der Waals surface area (Å²) in [6.45, 7) is 0.291. The van der Waals surface area contributed by atoms with Crippen molar-refractivity contribution in [3.05, 3.63) is 78.1 Å². The molecule has 0 atom stereocenters. The second kappa shape index (κ2) is 9.60. The second-order valence-corrected chi connectivity index (χ2v) is 11.4. The van der Waals surface area contributed by atoms with E-state index in [4.69, 9.17) is 4.98 Å². The van der Waals surface area contributed by atoms with Gasteiger partial charge in [0, 0.05) is 36.9 Å². The number of hydrogen-bond acceptors (Lipinski definition) is 7. The first-order chi connectivity index (χ1) is 15.8. The quantitative estimate of drug-likeness (QED) is 0.349. The summed E-state index contributed by atoms with van der Waals surface area (Å²) >= 11 is 3.05. The molecule has 0 saturated heterocycles. The Balaban J connectivity index is 1.74. The molecule has 170 valence electrons. The molecule has 33 heavy (non-hydrogen) atoms. The molecular weight excluding hydrogens is 476 g/mol. The third kappa shape index (κ3) is 4.79. The molecule has 0 N–H and O–H groups in total. The monoisotopic (exact) mass is 498 g/mol. The van der Waals surface area contributed by atoms with Gasteiger partial charge in [-0.15, -0.1) is 11.8 Å². The van der Waals surface area contributed by atoms with Crippen molar-refractivity contribution in [2.75, 3.05) is 25.3 Å². The van der Waals surface area contributed by atoms with Crippen molar-refractivity contribution in [1.82, 2.24) is 14.3 Å². The molecule has 2 aromatic heterocycles. The van der Waals surface area contributed by atoms with Gasteiger partial charge in [0.1, 0.15) is 0 Å². The number of carbonyl (C=O) groups is 1. The molecule has 2 heterocycles. The number of thioether (sulfide) groups is 1. The van der Waals surface area contributed by atoms with E-state index < -0.39 is 10.0 Å². The number of aromatic nitrogens is 2. The number of amides is 1. The number of fused-ring (bicyclic) bond motifs is 1. The maximum Gasteiger partial charge on any atom is 0.260 e. The molecule has 0 radical (unpaired) electrons. The molecule has 0 aliphatic rings. The molecule has 2 aromatic carbocycles. The number of carbonyl (C=O) groups excluding carboxylic acids is 1. The maximum atomic E-state index is 13.6. The Hall–Kier alpha value is -2.79. The molecule has 0 aliphatic heterocycles. The van der Waals surface area contributed by atoms with Crippen LogP contribution in [0.2, 0.25) is 0 Å². The number of anilines is 1. The molecule has 0 aliphatic carbocycles. The summed E-state index contributed by atoms with van der Waals surface area (Å²) in [7, 11) is -0.633. The van der Waals surface area contributed by atoms with Crippen LogP contribution in [0.15, 0.2) is 76.8 Å². The second-order valence-electron chi connectivity index (χ2n) is 7.37. The predicted octanol–water partition coefficient (Wildman–Crippen LogP) is 4.51. The number of para-hydroxylation sites is 1. The molecule has 7 nitrogen and oxygen atoms in total. The summed E-state index contributed by atoms with van der Waals surface area (Å²) < 4.78 is 26.9. The number of nitrogens with zero attached hydrogens (tertiary/aromatic N) is 4. The minimum atomic E-state index is -3.58. The average molecular weight is 499 g/mol. The van der Waals surface area contributed by atoms with Gasteiger partial charge in [0.25, 0.3) is 5.91 Å². The van der Waals surface area contributed by atoms with Gasteiger partial charge in [-0.25, -0.2) is 17.7 Å². The largest absolute Gasteiger partial charge is 0.279 e. The number of hydrogen-bond donors (Lipinski definition) is 0. The first-order valence-corrected chi connectivity index (χ1v) is 13.5. The standard InChI is InChI=1S/C23H22N4O3S3/c1-26(2)33(29,30)18-11-9-17(10-12-18)22(28)27(15-16-6-5-13-24-14-16)23-25-21-19(31-3)7-4-8-20(21)32-23/h4-14H,15H2,1-3H3. The van der Waals surface area contributed by atoms with Gasteiger partial charge in [-0.1, -0.05) is 23.5 Å². The lowest BCUT2D eigenvalue weighted by molar-refractivity contribution is 0.0985.